The van der Waals surface area contributed by atoms with Gasteiger partial charge in [0.2, 0.25) is 0 Å². The second-order valence-electron chi connectivity index (χ2n) is 12.8. The molecule has 0 spiro atoms. The normalized spacial score (nSPS) is 16.1. The Bertz CT molecular complexity index is 648. The fourth-order valence-electron chi connectivity index (χ4n) is 3.42. The van der Waals surface area contributed by atoms with Gasteiger partial charge in [-0.15, -0.1) is 0 Å². The number of hydrogen-bond acceptors (Lipinski definition) is 9. The molecule has 0 aliphatic carbocycles. The monoisotopic (exact) mass is 594 g/mol. The predicted molar refractivity (Wildman–Crippen MR) is 159 cm³/mol. The van der Waals surface area contributed by atoms with Gasteiger partial charge in [0.15, 0.2) is 0 Å². The molecule has 9 nitrogen and oxygen atoms in total. The van der Waals surface area contributed by atoms with Gasteiger partial charge in [-0.2, -0.15) is 0 Å². The predicted octanol–water partition coefficient (Wildman–Crippen LogP) is 5.58. The van der Waals surface area contributed by atoms with Gasteiger partial charge in [-0.1, -0.05) is 6.58 Å². The molecule has 1 atom stereocenters. The van der Waals surface area contributed by atoms with E-state index in [2.05, 4.69) is 6.58 Å². The third-order valence-corrected chi connectivity index (χ3v) is 10.5. The van der Waals surface area contributed by atoms with E-state index in [1.165, 1.54) is 0 Å². The van der Waals surface area contributed by atoms with Gasteiger partial charge in [0.05, 0.1) is 36.6 Å². The Kier molecular flexibility index (Phi) is 17.7. The number of epoxide rings is 1. The molecule has 1 rings (SSSR count). The highest BCUT2D eigenvalue weighted by Gasteiger charge is 2.49. The van der Waals surface area contributed by atoms with Crippen molar-refractivity contribution in [3.63, 3.8) is 0 Å². The lowest BCUT2D eigenvalue weighted by Gasteiger charge is -2.43. The van der Waals surface area contributed by atoms with Crippen molar-refractivity contribution in [2.45, 2.75) is 123 Å². The SMILES string of the molecule is C=C(C)C(=O)OCCCC[SiH](OC)OC.CC(C)(C)O[Si](CCCOCC1CO1)(OC(C)(C)C)OC(C)(C)C. The molecule has 1 unspecified atom stereocenters. The summed E-state index contributed by atoms with van der Waals surface area (Å²) in [5.41, 5.74) is -0.543. The average Bonchev–Trinajstić information content (AvgIpc) is 3.57. The molecule has 1 aliphatic rings. The molecule has 0 aromatic rings. The fraction of sp³-hybridized carbons (Fsp3) is 0.893. The van der Waals surface area contributed by atoms with Crippen LogP contribution < -0.4 is 0 Å². The molecule has 1 heterocycles. The summed E-state index contributed by atoms with van der Waals surface area (Å²) in [6.45, 7) is 26.2. The van der Waals surface area contributed by atoms with Crippen molar-refractivity contribution in [2.24, 2.45) is 0 Å². The summed E-state index contributed by atoms with van der Waals surface area (Å²) in [6, 6.07) is 1.68. The van der Waals surface area contributed by atoms with E-state index in [4.69, 9.17) is 36.3 Å². The van der Waals surface area contributed by atoms with Gasteiger partial charge in [-0.3, -0.25) is 0 Å². The maximum Gasteiger partial charge on any atom is 0.502 e. The number of carbonyl (C=O) groups excluding carboxylic acids is 1. The Morgan fingerprint density at radius 1 is 0.872 bits per heavy atom. The molecule has 0 aromatic carbocycles. The molecule has 1 saturated heterocycles. The number of esters is 1. The number of ether oxygens (including phenoxy) is 3. The van der Waals surface area contributed by atoms with Crippen molar-refractivity contribution < 1.29 is 41.1 Å². The first-order valence-electron chi connectivity index (χ1n) is 14.0. The zero-order valence-electron chi connectivity index (χ0n) is 26.9. The zero-order chi connectivity index (χ0) is 30.3. The molecule has 0 aromatic heterocycles. The molecule has 0 amide bonds. The first-order valence-corrected chi connectivity index (χ1v) is 17.7. The molecular formula is C28H58O9Si2. The molecule has 1 aliphatic heterocycles. The summed E-state index contributed by atoms with van der Waals surface area (Å²) >= 11 is 0. The van der Waals surface area contributed by atoms with Crippen molar-refractivity contribution in [1.82, 2.24) is 0 Å². The highest BCUT2D eigenvalue weighted by atomic mass is 28.4. The smallest absolute Gasteiger partial charge is 0.462 e. The first-order chi connectivity index (χ1) is 17.8. The van der Waals surface area contributed by atoms with E-state index in [9.17, 15) is 4.79 Å². The van der Waals surface area contributed by atoms with Gasteiger partial charge in [-0.25, -0.2) is 4.79 Å². The lowest BCUT2D eigenvalue weighted by molar-refractivity contribution is -0.139. The first kappa shape index (κ1) is 38.4. The van der Waals surface area contributed by atoms with Crippen LogP contribution in [-0.4, -0.2) is 87.6 Å². The maximum absolute atomic E-state index is 11.0. The van der Waals surface area contributed by atoms with Crippen LogP contribution >= 0.6 is 0 Å². The van der Waals surface area contributed by atoms with Crippen LogP contribution in [-0.2, 0) is 41.1 Å². The quantitative estimate of drug-likeness (QED) is 0.0704. The Morgan fingerprint density at radius 2 is 1.36 bits per heavy atom. The molecular weight excluding hydrogens is 536 g/mol. The van der Waals surface area contributed by atoms with Crippen molar-refractivity contribution >= 4 is 24.1 Å². The van der Waals surface area contributed by atoms with Crippen LogP contribution in [0.15, 0.2) is 12.2 Å². The van der Waals surface area contributed by atoms with Crippen LogP contribution in [0.2, 0.25) is 12.1 Å². The highest BCUT2D eigenvalue weighted by Crippen LogP contribution is 2.32. The minimum atomic E-state index is -2.87. The van der Waals surface area contributed by atoms with Gasteiger partial charge < -0.3 is 36.3 Å². The summed E-state index contributed by atoms with van der Waals surface area (Å²) < 4.78 is 45.4. The lowest BCUT2D eigenvalue weighted by atomic mass is 10.2. The van der Waals surface area contributed by atoms with E-state index in [-0.39, 0.29) is 22.8 Å². The molecule has 0 saturated carbocycles. The number of hydrogen-bond donors (Lipinski definition) is 0. The number of carbonyl (C=O) groups is 1. The van der Waals surface area contributed by atoms with Crippen molar-refractivity contribution in [1.29, 1.82) is 0 Å². The molecule has 232 valence electrons. The Labute approximate surface area is 241 Å². The summed E-state index contributed by atoms with van der Waals surface area (Å²) in [6.07, 6.45) is 2.95. The van der Waals surface area contributed by atoms with Crippen molar-refractivity contribution in [3.05, 3.63) is 12.2 Å². The van der Waals surface area contributed by atoms with Crippen LogP contribution in [0.25, 0.3) is 0 Å². The third kappa shape index (κ3) is 22.7. The average molecular weight is 595 g/mol. The summed E-state index contributed by atoms with van der Waals surface area (Å²) in [4.78, 5) is 11.0. The van der Waals surface area contributed by atoms with Gasteiger partial charge >= 0.3 is 24.1 Å². The Morgan fingerprint density at radius 3 is 1.74 bits per heavy atom. The lowest BCUT2D eigenvalue weighted by Crippen LogP contribution is -2.57. The second kappa shape index (κ2) is 18.0. The topological polar surface area (TPSA) is 94.2 Å². The molecule has 11 heteroatoms. The van der Waals surface area contributed by atoms with E-state index < -0.39 is 18.1 Å². The summed E-state index contributed by atoms with van der Waals surface area (Å²) in [5, 5.41) is 0. The number of rotatable bonds is 17. The van der Waals surface area contributed by atoms with Crippen LogP contribution in [0.4, 0.5) is 0 Å². The van der Waals surface area contributed by atoms with Gasteiger partial charge in [0, 0.05) is 32.4 Å². The van der Waals surface area contributed by atoms with Crippen LogP contribution in [0, 0.1) is 0 Å². The molecule has 0 radical (unpaired) electrons. The minimum Gasteiger partial charge on any atom is -0.462 e. The van der Waals surface area contributed by atoms with Gasteiger partial charge in [0.25, 0.3) is 0 Å². The molecule has 0 N–H and O–H groups in total. The Balaban J connectivity index is 0.000000830. The Hall–Kier alpha value is -0.636. The largest absolute Gasteiger partial charge is 0.502 e. The highest BCUT2D eigenvalue weighted by molar-refractivity contribution is 6.61. The van der Waals surface area contributed by atoms with Gasteiger partial charge in [-0.05, 0) is 94.5 Å². The molecule has 0 bridgehead atoms. The van der Waals surface area contributed by atoms with E-state index in [1.807, 2.05) is 62.3 Å². The van der Waals surface area contributed by atoms with Crippen LogP contribution in [0.5, 0.6) is 0 Å². The van der Waals surface area contributed by atoms with Crippen molar-refractivity contribution in [2.75, 3.05) is 40.6 Å². The van der Waals surface area contributed by atoms with E-state index in [1.54, 1.807) is 21.1 Å². The molecule has 1 fully saturated rings. The van der Waals surface area contributed by atoms with E-state index >= 15 is 0 Å². The third-order valence-electron chi connectivity index (χ3n) is 4.80. The van der Waals surface area contributed by atoms with E-state index in [0.717, 1.165) is 38.0 Å². The zero-order valence-corrected chi connectivity index (χ0v) is 29.1. The fourth-order valence-corrected chi connectivity index (χ4v) is 8.51. The van der Waals surface area contributed by atoms with Crippen LogP contribution in [0.1, 0.15) is 88.5 Å². The van der Waals surface area contributed by atoms with Gasteiger partial charge in [0.1, 0.15) is 6.10 Å². The van der Waals surface area contributed by atoms with Crippen LogP contribution in [0.3, 0.4) is 0 Å². The minimum absolute atomic E-state index is 0.300. The standard InChI is InChI=1S/C18H38O5Si.C10H20O4Si/c1-16(2,3)21-24(22-17(4,5)6,23-18(7,8)9)12-10-11-19-13-15-14-20-15;1-9(2)10(11)14-7-5-6-8-15(12-3)13-4/h15H,10-14H2,1-9H3;15H,1,5-8H2,2-4H3. The van der Waals surface area contributed by atoms with Crippen molar-refractivity contribution in [3.8, 4) is 0 Å². The van der Waals surface area contributed by atoms with E-state index in [0.29, 0.717) is 31.5 Å². The summed E-state index contributed by atoms with van der Waals surface area (Å²) in [5.74, 6) is -0.317. The maximum atomic E-state index is 11.0. The number of unbranched alkanes of at least 4 members (excludes halogenated alkanes) is 1. The summed E-state index contributed by atoms with van der Waals surface area (Å²) in [7, 11) is -0.975. The molecule has 39 heavy (non-hydrogen) atoms. The second-order valence-corrected chi connectivity index (χ2v) is 17.6.